The molecule has 0 radical (unpaired) electrons. The minimum Gasteiger partial charge on any atom is -0.258 e. The van der Waals surface area contributed by atoms with Crippen LogP contribution in [0.3, 0.4) is 0 Å². The third-order valence-corrected chi connectivity index (χ3v) is 3.36. The van der Waals surface area contributed by atoms with Gasteiger partial charge in [0.25, 0.3) is 11.4 Å². The van der Waals surface area contributed by atoms with E-state index in [1.165, 1.54) is 37.3 Å². The van der Waals surface area contributed by atoms with Crippen LogP contribution in [0.5, 0.6) is 0 Å². The SMILES string of the molecule is C=C/C(=C(Br)\C(=C/C)[N+](=O)[O-])c1ccccc1[N+](=O)[O-]. The van der Waals surface area contributed by atoms with Crippen LogP contribution >= 0.6 is 15.9 Å². The number of para-hydroxylation sites is 1. The molecule has 0 aromatic heterocycles. The Hall–Kier alpha value is -2.28. The van der Waals surface area contributed by atoms with Gasteiger partial charge in [-0.15, -0.1) is 0 Å². The van der Waals surface area contributed by atoms with Gasteiger partial charge in [-0.1, -0.05) is 24.8 Å². The molecule has 0 aliphatic carbocycles. The van der Waals surface area contributed by atoms with Crippen molar-refractivity contribution in [2.75, 3.05) is 0 Å². The van der Waals surface area contributed by atoms with Gasteiger partial charge >= 0.3 is 0 Å². The van der Waals surface area contributed by atoms with Gasteiger partial charge in [0, 0.05) is 11.6 Å². The smallest absolute Gasteiger partial charge is 0.258 e. The van der Waals surface area contributed by atoms with Gasteiger partial charge in [0.2, 0.25) is 0 Å². The first-order valence-corrected chi connectivity index (χ1v) is 6.30. The lowest BCUT2D eigenvalue weighted by atomic mass is 10.0. The summed E-state index contributed by atoms with van der Waals surface area (Å²) in [6.45, 7) is 5.09. The van der Waals surface area contributed by atoms with E-state index in [0.29, 0.717) is 5.57 Å². The molecule has 0 saturated carbocycles. The van der Waals surface area contributed by atoms with E-state index in [-0.39, 0.29) is 21.4 Å². The lowest BCUT2D eigenvalue weighted by Gasteiger charge is -2.06. The Balaban J connectivity index is 3.59. The molecule has 0 fully saturated rings. The second-order valence-electron chi connectivity index (χ2n) is 3.64. The van der Waals surface area contributed by atoms with Gasteiger partial charge in [-0.2, -0.15) is 0 Å². The Labute approximate surface area is 123 Å². The molecule has 1 rings (SSSR count). The summed E-state index contributed by atoms with van der Waals surface area (Å²) >= 11 is 3.13. The predicted molar refractivity (Wildman–Crippen MR) is 79.9 cm³/mol. The van der Waals surface area contributed by atoms with Gasteiger partial charge in [0.05, 0.1) is 15.4 Å². The van der Waals surface area contributed by atoms with Gasteiger partial charge < -0.3 is 0 Å². The Morgan fingerprint density at radius 2 is 1.90 bits per heavy atom. The quantitative estimate of drug-likeness (QED) is 0.460. The first-order chi connectivity index (χ1) is 9.43. The zero-order valence-corrected chi connectivity index (χ0v) is 12.2. The van der Waals surface area contributed by atoms with Crippen LogP contribution in [0.4, 0.5) is 5.69 Å². The number of rotatable bonds is 5. The molecular weight excluding hydrogens is 328 g/mol. The van der Waals surface area contributed by atoms with Crippen molar-refractivity contribution in [3.8, 4) is 0 Å². The molecule has 104 valence electrons. The van der Waals surface area contributed by atoms with Crippen LogP contribution in [0.2, 0.25) is 0 Å². The number of nitro groups is 2. The van der Waals surface area contributed by atoms with Crippen LogP contribution in [0.15, 0.2) is 53.2 Å². The summed E-state index contributed by atoms with van der Waals surface area (Å²) in [6, 6.07) is 6.00. The van der Waals surface area contributed by atoms with E-state index in [2.05, 4.69) is 22.5 Å². The maximum Gasteiger partial charge on any atom is 0.279 e. The molecule has 0 saturated heterocycles. The number of hydrogen-bond donors (Lipinski definition) is 0. The van der Waals surface area contributed by atoms with E-state index in [9.17, 15) is 20.2 Å². The standard InChI is InChI=1S/C13H11BrN2O4/c1-3-9(13(14)11(4-2)15(17)18)10-7-5-6-8-12(10)16(19)20/h3-8H,1H2,2H3/b11-4+,13-9-. The number of nitro benzene ring substituents is 1. The molecule has 0 aliphatic rings. The maximum absolute atomic E-state index is 11.0. The molecule has 0 N–H and O–H groups in total. The van der Waals surface area contributed by atoms with Crippen molar-refractivity contribution < 1.29 is 9.85 Å². The summed E-state index contributed by atoms with van der Waals surface area (Å²) < 4.78 is 0.147. The summed E-state index contributed by atoms with van der Waals surface area (Å²) in [4.78, 5) is 20.9. The van der Waals surface area contributed by atoms with Crippen molar-refractivity contribution in [1.82, 2.24) is 0 Å². The lowest BCUT2D eigenvalue weighted by molar-refractivity contribution is -0.419. The van der Waals surface area contributed by atoms with E-state index < -0.39 is 9.85 Å². The third-order valence-electron chi connectivity index (χ3n) is 2.53. The normalized spacial score (nSPS) is 12.6. The Morgan fingerprint density at radius 1 is 1.30 bits per heavy atom. The van der Waals surface area contributed by atoms with Crippen LogP contribution < -0.4 is 0 Å². The van der Waals surface area contributed by atoms with Crippen LogP contribution in [0, 0.1) is 20.2 Å². The fourth-order valence-corrected chi connectivity index (χ4v) is 2.38. The maximum atomic E-state index is 11.0. The fourth-order valence-electron chi connectivity index (χ4n) is 1.63. The van der Waals surface area contributed by atoms with Crippen LogP contribution in [0.25, 0.3) is 5.57 Å². The highest BCUT2D eigenvalue weighted by Gasteiger charge is 2.22. The number of halogens is 1. The summed E-state index contributed by atoms with van der Waals surface area (Å²) in [5, 5.41) is 22.0. The summed E-state index contributed by atoms with van der Waals surface area (Å²) in [6.07, 6.45) is 2.65. The van der Waals surface area contributed by atoms with Crippen molar-refractivity contribution in [3.05, 3.63) is 79.0 Å². The van der Waals surface area contributed by atoms with Crippen LogP contribution in [-0.4, -0.2) is 9.85 Å². The van der Waals surface area contributed by atoms with Gasteiger partial charge in [-0.3, -0.25) is 20.2 Å². The number of benzene rings is 1. The summed E-state index contributed by atoms with van der Waals surface area (Å²) in [5.41, 5.74) is 0.235. The average Bonchev–Trinajstić information content (AvgIpc) is 2.40. The van der Waals surface area contributed by atoms with Crippen molar-refractivity contribution in [1.29, 1.82) is 0 Å². The number of hydrogen-bond acceptors (Lipinski definition) is 4. The van der Waals surface area contributed by atoms with Crippen LogP contribution in [0.1, 0.15) is 12.5 Å². The Bertz CT molecular complexity index is 635. The summed E-state index contributed by atoms with van der Waals surface area (Å²) in [7, 11) is 0. The van der Waals surface area contributed by atoms with Crippen LogP contribution in [-0.2, 0) is 0 Å². The molecule has 0 amide bonds. The first kappa shape index (κ1) is 15.8. The van der Waals surface area contributed by atoms with Gasteiger partial charge in [0.1, 0.15) is 4.48 Å². The molecule has 0 aliphatic heterocycles. The second-order valence-corrected chi connectivity index (χ2v) is 4.43. The molecule has 7 heteroatoms. The number of nitrogens with zero attached hydrogens (tertiary/aromatic N) is 2. The topological polar surface area (TPSA) is 86.3 Å². The van der Waals surface area contributed by atoms with Crippen molar-refractivity contribution in [3.63, 3.8) is 0 Å². The van der Waals surface area contributed by atoms with Crippen molar-refractivity contribution in [2.45, 2.75) is 6.92 Å². The first-order valence-electron chi connectivity index (χ1n) is 5.51. The van der Waals surface area contributed by atoms with Gasteiger partial charge in [-0.25, -0.2) is 0 Å². The largest absolute Gasteiger partial charge is 0.279 e. The predicted octanol–water partition coefficient (Wildman–Crippen LogP) is 4.07. The van der Waals surface area contributed by atoms with E-state index >= 15 is 0 Å². The molecular formula is C13H11BrN2O4. The molecule has 20 heavy (non-hydrogen) atoms. The lowest BCUT2D eigenvalue weighted by Crippen LogP contribution is -2.01. The minimum absolute atomic E-state index is 0.141. The molecule has 0 heterocycles. The third kappa shape index (κ3) is 3.18. The Morgan fingerprint density at radius 3 is 2.35 bits per heavy atom. The zero-order chi connectivity index (χ0) is 15.3. The van der Waals surface area contributed by atoms with Gasteiger partial charge in [-0.05, 0) is 35.0 Å². The molecule has 0 bridgehead atoms. The minimum atomic E-state index is -0.567. The zero-order valence-electron chi connectivity index (χ0n) is 10.6. The monoisotopic (exact) mass is 338 g/mol. The van der Waals surface area contributed by atoms with E-state index in [1.54, 1.807) is 6.07 Å². The van der Waals surface area contributed by atoms with E-state index in [1.807, 2.05) is 0 Å². The highest BCUT2D eigenvalue weighted by atomic mass is 79.9. The number of allylic oxidation sites excluding steroid dienone is 4. The van der Waals surface area contributed by atoms with Gasteiger partial charge in [0.15, 0.2) is 0 Å². The summed E-state index contributed by atoms with van der Waals surface area (Å²) in [5.74, 6) is 0. The Kier molecular flexibility index (Phi) is 5.33. The molecule has 0 spiro atoms. The fraction of sp³-hybridized carbons (Fsp3) is 0.0769. The van der Waals surface area contributed by atoms with E-state index in [0.717, 1.165) is 0 Å². The molecule has 1 aromatic carbocycles. The average molecular weight is 339 g/mol. The molecule has 0 atom stereocenters. The molecule has 6 nitrogen and oxygen atoms in total. The van der Waals surface area contributed by atoms with Crippen molar-refractivity contribution >= 4 is 27.2 Å². The highest BCUT2D eigenvalue weighted by Crippen LogP contribution is 2.34. The molecule has 0 unspecified atom stereocenters. The van der Waals surface area contributed by atoms with E-state index in [4.69, 9.17) is 0 Å². The highest BCUT2D eigenvalue weighted by molar-refractivity contribution is 9.12. The van der Waals surface area contributed by atoms with Crippen molar-refractivity contribution in [2.24, 2.45) is 0 Å². The second kappa shape index (κ2) is 6.76. The molecule has 1 aromatic rings.